The van der Waals surface area contributed by atoms with E-state index in [-0.39, 0.29) is 75.9 Å². The van der Waals surface area contributed by atoms with Gasteiger partial charge in [-0.25, -0.2) is 49.7 Å². The number of para-hydroxylation sites is 1. The molecule has 4 fully saturated rings. The molecule has 9 aromatic rings. The summed E-state index contributed by atoms with van der Waals surface area (Å²) >= 11 is 5.78. The molecule has 30 nitrogen and oxygen atoms in total. The summed E-state index contributed by atoms with van der Waals surface area (Å²) in [7, 11) is 6.51. The summed E-state index contributed by atoms with van der Waals surface area (Å²) in [5.41, 5.74) is 3.63. The van der Waals surface area contributed by atoms with Gasteiger partial charge >= 0.3 is 12.1 Å². The highest BCUT2D eigenvalue weighted by atomic mass is 35.5. The maximum absolute atomic E-state index is 12.4. The monoisotopic (exact) mass is 1460 g/mol. The Morgan fingerprint density at radius 1 is 0.457 bits per heavy atom. The summed E-state index contributed by atoms with van der Waals surface area (Å²) in [5.74, 6) is -0.255. The number of aliphatic hydroxyl groups excluding tert-OH is 1. The Bertz CT molecular complexity index is 4540. The van der Waals surface area contributed by atoms with E-state index >= 15 is 0 Å². The van der Waals surface area contributed by atoms with Crippen LogP contribution in [0.2, 0.25) is 5.28 Å². The fourth-order valence-corrected chi connectivity index (χ4v) is 11.7. The van der Waals surface area contributed by atoms with Gasteiger partial charge in [0, 0.05) is 96.0 Å². The van der Waals surface area contributed by atoms with E-state index in [1.807, 2.05) is 59.7 Å². The van der Waals surface area contributed by atoms with Gasteiger partial charge in [0.2, 0.25) is 5.28 Å². The molecule has 31 heteroatoms. The zero-order chi connectivity index (χ0) is 75.2. The number of nitrogens with zero attached hydrogens (tertiary/aromatic N) is 18. The minimum absolute atomic E-state index is 0.0299. The van der Waals surface area contributed by atoms with Crippen molar-refractivity contribution in [3.8, 4) is 63.6 Å². The Balaban J connectivity index is 0.000000156. The first-order chi connectivity index (χ1) is 50.2. The second-order valence-electron chi connectivity index (χ2n) is 27.6. The summed E-state index contributed by atoms with van der Waals surface area (Å²) in [4.78, 5) is 125. The van der Waals surface area contributed by atoms with E-state index in [0.29, 0.717) is 77.1 Å². The number of carbonyl (C=O) groups excluding carboxylic acids is 2. The summed E-state index contributed by atoms with van der Waals surface area (Å²) < 4.78 is 34.3. The first-order valence-electron chi connectivity index (χ1n) is 35.0. The van der Waals surface area contributed by atoms with Crippen LogP contribution in [0.25, 0.3) is 45.6 Å². The van der Waals surface area contributed by atoms with Gasteiger partial charge in [-0.1, -0.05) is 31.0 Å². The van der Waals surface area contributed by atoms with E-state index in [9.17, 15) is 33.9 Å². The minimum Gasteiger partial charge on any atom is -0.461 e. The second-order valence-corrected chi connectivity index (χ2v) is 27.9. The number of halogens is 1. The van der Waals surface area contributed by atoms with Crippen molar-refractivity contribution < 1.29 is 38.4 Å². The van der Waals surface area contributed by atoms with Crippen molar-refractivity contribution in [2.24, 2.45) is 34.1 Å². The predicted molar refractivity (Wildman–Crippen MR) is 392 cm³/mol. The molecule has 1 N–H and O–H groups in total. The average molecular weight is 1460 g/mol. The molecular weight excluding hydrogens is 1370 g/mol. The molecule has 2 aliphatic heterocycles. The largest absolute Gasteiger partial charge is 0.461 e. The molecule has 0 spiro atoms. The summed E-state index contributed by atoms with van der Waals surface area (Å²) in [5, 5.41) is 9.55. The van der Waals surface area contributed by atoms with Crippen molar-refractivity contribution in [3.63, 3.8) is 0 Å². The number of hydrogen-bond acceptors (Lipinski definition) is 25. The van der Waals surface area contributed by atoms with Crippen LogP contribution in [-0.4, -0.2) is 162 Å². The fraction of sp³-hybridized carbons (Fsp3) is 0.459. The highest BCUT2D eigenvalue weighted by molar-refractivity contribution is 6.28. The minimum atomic E-state index is -0.553. The number of ether oxygens (including phenoxy) is 5. The van der Waals surface area contributed by atoms with Crippen LogP contribution in [-0.2, 0) is 42.5 Å². The molecule has 10 heterocycles. The molecular formula is C74H91ClN18O12. The van der Waals surface area contributed by atoms with E-state index in [1.165, 1.54) is 92.8 Å². The van der Waals surface area contributed by atoms with Crippen LogP contribution in [0.3, 0.4) is 0 Å². The van der Waals surface area contributed by atoms with E-state index in [2.05, 4.69) is 76.8 Å². The van der Waals surface area contributed by atoms with Crippen molar-refractivity contribution in [3.05, 3.63) is 176 Å². The number of esters is 1. The Morgan fingerprint density at radius 2 is 0.867 bits per heavy atom. The number of rotatable bonds is 12. The maximum atomic E-state index is 12.4. The van der Waals surface area contributed by atoms with E-state index in [4.69, 9.17) is 35.3 Å². The number of anilines is 1. The third-order valence-corrected chi connectivity index (χ3v) is 17.4. The molecule has 4 aliphatic rings. The molecule has 13 rings (SSSR count). The molecule has 1 amide bonds. The number of amides is 1. The van der Waals surface area contributed by atoms with Gasteiger partial charge in [-0.15, -0.1) is 0 Å². The summed E-state index contributed by atoms with van der Waals surface area (Å²) in [6, 6.07) is 23.7. The van der Waals surface area contributed by atoms with E-state index < -0.39 is 11.2 Å². The van der Waals surface area contributed by atoms with Crippen LogP contribution in [0.15, 0.2) is 148 Å². The molecule has 2 saturated heterocycles. The smallest absolute Gasteiger partial charge is 0.410 e. The zero-order valence-electron chi connectivity index (χ0n) is 60.9. The molecule has 2 saturated carbocycles. The maximum Gasteiger partial charge on any atom is 0.410 e. The Morgan fingerprint density at radius 3 is 1.29 bits per heavy atom. The number of benzene rings is 1. The lowest BCUT2D eigenvalue weighted by Crippen LogP contribution is -2.46. The van der Waals surface area contributed by atoms with Crippen molar-refractivity contribution >= 4 is 29.4 Å². The summed E-state index contributed by atoms with van der Waals surface area (Å²) in [6.45, 7) is 13.8. The van der Waals surface area contributed by atoms with Gasteiger partial charge in [-0.3, -0.25) is 42.2 Å². The third-order valence-electron chi connectivity index (χ3n) is 17.0. The van der Waals surface area contributed by atoms with Gasteiger partial charge in [0.15, 0.2) is 0 Å². The van der Waals surface area contributed by atoms with Gasteiger partial charge in [0.1, 0.15) is 54.8 Å². The number of aromatic nitrogens is 16. The lowest BCUT2D eigenvalue weighted by atomic mass is 9.87. The van der Waals surface area contributed by atoms with Crippen molar-refractivity contribution in [1.82, 2.24) is 83.0 Å². The lowest BCUT2D eigenvalue weighted by molar-refractivity contribution is -0.162. The fourth-order valence-electron chi connectivity index (χ4n) is 11.5. The number of likely N-dealkylation sites (tertiary alicyclic amines) is 1. The van der Waals surface area contributed by atoms with Gasteiger partial charge in [-0.05, 0) is 160 Å². The SMILES string of the molecule is CC(C)(C)OC(=O)C1CCCC(O)C1.Cn1c(Cl)nc(-c2ccncn2)cc1=O.Cn1c(OC2CCCCC2)nc(-c2ccncn2)cc1=O.Cn1c(OC2CCCN(C(=O)OC(C)(C)C)C2)nc(-c2ccncn2)cc1=O.Cn1c(OC2CCCN(c3ccccc3)C2)nc(-c2ccncn2)cc1=O. The van der Waals surface area contributed by atoms with Gasteiger partial charge in [0.05, 0.1) is 70.7 Å². The topological polar surface area (TPSA) is 350 Å². The first kappa shape index (κ1) is 78.4. The number of piperidine rings is 2. The molecule has 105 heavy (non-hydrogen) atoms. The third kappa shape index (κ3) is 23.6. The van der Waals surface area contributed by atoms with E-state index in [0.717, 1.165) is 70.9 Å². The van der Waals surface area contributed by atoms with Crippen molar-refractivity contribution in [1.29, 1.82) is 0 Å². The number of aliphatic hydroxyl groups is 1. The number of carbonyl (C=O) groups is 2. The summed E-state index contributed by atoms with van der Waals surface area (Å²) in [6.07, 6.45) is 23.5. The van der Waals surface area contributed by atoms with Crippen molar-refractivity contribution in [2.75, 3.05) is 31.1 Å². The van der Waals surface area contributed by atoms with Crippen LogP contribution in [0.1, 0.15) is 125 Å². The van der Waals surface area contributed by atoms with Gasteiger partial charge in [-0.2, -0.15) is 15.0 Å². The highest BCUT2D eigenvalue weighted by Crippen LogP contribution is 2.29. The zero-order valence-corrected chi connectivity index (χ0v) is 61.7. The molecule has 1 aromatic carbocycles. The van der Waals surface area contributed by atoms with Gasteiger partial charge in [0.25, 0.3) is 40.3 Å². The Hall–Kier alpha value is -10.8. The van der Waals surface area contributed by atoms with E-state index in [1.54, 1.807) is 82.1 Å². The predicted octanol–water partition coefficient (Wildman–Crippen LogP) is 9.02. The normalized spacial score (nSPS) is 17.4. The molecule has 0 radical (unpaired) electrons. The van der Waals surface area contributed by atoms with Crippen LogP contribution >= 0.6 is 11.6 Å². The molecule has 8 aromatic heterocycles. The van der Waals surface area contributed by atoms with Crippen LogP contribution in [0.4, 0.5) is 10.5 Å². The second kappa shape index (κ2) is 37.1. The molecule has 556 valence electrons. The quantitative estimate of drug-likeness (QED) is 0.0880. The number of hydrogen-bond donors (Lipinski definition) is 1. The van der Waals surface area contributed by atoms with Crippen LogP contribution in [0.5, 0.6) is 18.0 Å². The molecule has 4 unspecified atom stereocenters. The lowest BCUT2D eigenvalue weighted by Gasteiger charge is -2.34. The van der Waals surface area contributed by atoms with Gasteiger partial charge < -0.3 is 38.6 Å². The molecule has 2 aliphatic carbocycles. The molecule has 4 atom stereocenters. The molecule has 0 bridgehead atoms. The van der Waals surface area contributed by atoms with Crippen LogP contribution in [0, 0.1) is 5.92 Å². The average Bonchev–Trinajstić information content (AvgIpc) is 0.809. The highest BCUT2D eigenvalue weighted by Gasteiger charge is 2.32. The first-order valence-corrected chi connectivity index (χ1v) is 35.3. The standard InChI is InChI=1S/C20H21N5O2.C19H25N5O4.C15H18N4O2.C11H20O3.C9H7ClN4O/c1-24-19(26)12-18(17-9-10-21-14-22-17)23-20(24)27-16-8-5-11-25(13-16)15-6-3-2-4-7-15;1-19(2,3)28-18(26)24-9-5-6-13(11-24)27-17-22-15(10-16(25)23(17)4)14-7-8-20-12-21-14;1-19-14(20)9-13(12-7-8-16-10-17-12)18-15(19)21-11-5-3-2-4-6-11;1-11(2,3)14-10(13)8-5-4-6-9(12)7-8;1-14-8(15)4-7(13-9(14)10)6-2-3-11-5-12-6/h2-4,6-7,9-10,12,14,16H,5,8,11,13H2,1H3;7-8,10,12-13H,5-6,9,11H2,1-4H3;7-11H,2-6H2,1H3;8-9,12H,4-7H2,1-3H3;2-5H,1H3. The van der Waals surface area contributed by atoms with Crippen LogP contribution < -0.4 is 41.3 Å². The Labute approximate surface area is 613 Å². The van der Waals surface area contributed by atoms with Crippen molar-refractivity contribution in [2.45, 2.75) is 161 Å². The Kier molecular flexibility index (Phi) is 27.7.